The summed E-state index contributed by atoms with van der Waals surface area (Å²) in [6.07, 6.45) is 15.9. The summed E-state index contributed by atoms with van der Waals surface area (Å²) in [6, 6.07) is 15.3. The standard InChI is InChI=1S/C32H45N3O2S/c1-3-4-5-6-7-8-9-10-11-12-13-16-23-37-31-18-15-14-17-30(31)34-32(36)33-29-21-19-28(20-22-29)24-35-26-38-25-27(35)2/h14-15,17-22,25-26H,3-13,16,23-24H2,1-2H3,(H-,33,34,36)/p+1. The second-order valence-electron chi connectivity index (χ2n) is 10.1. The van der Waals surface area contributed by atoms with Crippen molar-refractivity contribution < 1.29 is 14.1 Å². The van der Waals surface area contributed by atoms with Gasteiger partial charge in [-0.25, -0.2) is 4.79 Å². The highest BCUT2D eigenvalue weighted by Gasteiger charge is 2.10. The molecule has 3 rings (SSSR count). The fraction of sp³-hybridized carbons (Fsp3) is 0.500. The first-order chi connectivity index (χ1) is 18.7. The SMILES string of the molecule is CCCCCCCCCCCCCCOc1ccccc1NC(=O)Nc1ccc(C[n+]2cscc2C)cc1. The van der Waals surface area contributed by atoms with E-state index in [1.807, 2.05) is 48.5 Å². The highest BCUT2D eigenvalue weighted by atomic mass is 32.1. The van der Waals surface area contributed by atoms with Crippen LogP contribution >= 0.6 is 11.3 Å². The molecule has 0 aliphatic rings. The van der Waals surface area contributed by atoms with Crippen LogP contribution in [0.25, 0.3) is 0 Å². The van der Waals surface area contributed by atoms with Gasteiger partial charge in [0.2, 0.25) is 5.51 Å². The average Bonchev–Trinajstić information content (AvgIpc) is 3.32. The molecule has 0 aliphatic heterocycles. The van der Waals surface area contributed by atoms with Crippen molar-refractivity contribution in [2.24, 2.45) is 0 Å². The quantitative estimate of drug-likeness (QED) is 0.126. The zero-order valence-electron chi connectivity index (χ0n) is 23.3. The lowest BCUT2D eigenvalue weighted by molar-refractivity contribution is -0.689. The Morgan fingerprint density at radius 2 is 1.45 bits per heavy atom. The van der Waals surface area contributed by atoms with Crippen molar-refractivity contribution in [3.63, 3.8) is 0 Å². The number of rotatable bonds is 18. The third kappa shape index (κ3) is 11.3. The third-order valence-electron chi connectivity index (χ3n) is 6.84. The minimum absolute atomic E-state index is 0.276. The Morgan fingerprint density at radius 3 is 2.08 bits per heavy atom. The van der Waals surface area contributed by atoms with E-state index in [-0.39, 0.29) is 6.03 Å². The van der Waals surface area contributed by atoms with E-state index >= 15 is 0 Å². The van der Waals surface area contributed by atoms with Gasteiger partial charge in [-0.3, -0.25) is 0 Å². The highest BCUT2D eigenvalue weighted by Crippen LogP contribution is 2.24. The molecule has 0 radical (unpaired) electrons. The number of nitrogens with zero attached hydrogens (tertiary/aromatic N) is 1. The van der Waals surface area contributed by atoms with Crippen LogP contribution in [0.2, 0.25) is 0 Å². The van der Waals surface area contributed by atoms with E-state index in [1.54, 1.807) is 11.3 Å². The number of nitrogens with one attached hydrogen (secondary N) is 2. The van der Waals surface area contributed by atoms with Gasteiger partial charge in [-0.15, -0.1) is 0 Å². The van der Waals surface area contributed by atoms with E-state index in [2.05, 4.69) is 39.9 Å². The lowest BCUT2D eigenvalue weighted by Gasteiger charge is -2.13. The Kier molecular flexibility index (Phi) is 13.8. The highest BCUT2D eigenvalue weighted by molar-refractivity contribution is 7.07. The van der Waals surface area contributed by atoms with E-state index in [0.29, 0.717) is 18.0 Å². The number of benzene rings is 2. The van der Waals surface area contributed by atoms with Crippen molar-refractivity contribution in [3.8, 4) is 5.75 Å². The summed E-state index contributed by atoms with van der Waals surface area (Å²) in [5.74, 6) is 0.712. The zero-order valence-corrected chi connectivity index (χ0v) is 24.2. The number of thiazole rings is 1. The summed E-state index contributed by atoms with van der Waals surface area (Å²) in [5, 5.41) is 8.00. The maximum atomic E-state index is 12.6. The first kappa shape index (κ1) is 29.7. The van der Waals surface area contributed by atoms with Gasteiger partial charge in [0.05, 0.1) is 17.7 Å². The second kappa shape index (κ2) is 17.6. The van der Waals surface area contributed by atoms with Crippen molar-refractivity contribution in [3.05, 3.63) is 70.7 Å². The number of carbonyl (C=O) groups is 1. The predicted molar refractivity (Wildman–Crippen MR) is 160 cm³/mol. The average molecular weight is 537 g/mol. The molecule has 38 heavy (non-hydrogen) atoms. The van der Waals surface area contributed by atoms with Gasteiger partial charge in [-0.05, 0) is 30.7 Å². The molecule has 3 aromatic rings. The Labute approximate surface area is 233 Å². The summed E-state index contributed by atoms with van der Waals surface area (Å²) in [5.41, 5.74) is 6.00. The van der Waals surface area contributed by atoms with Gasteiger partial charge < -0.3 is 15.4 Å². The van der Waals surface area contributed by atoms with Crippen LogP contribution < -0.4 is 19.9 Å². The number of ether oxygens (including phenoxy) is 1. The molecule has 1 heterocycles. The molecule has 2 amide bonds. The van der Waals surface area contributed by atoms with Gasteiger partial charge in [-0.1, -0.05) is 113 Å². The fourth-order valence-corrected chi connectivity index (χ4v) is 5.29. The lowest BCUT2D eigenvalue weighted by atomic mass is 10.1. The van der Waals surface area contributed by atoms with Crippen molar-refractivity contribution >= 4 is 28.7 Å². The number of amides is 2. The largest absolute Gasteiger partial charge is 0.491 e. The van der Waals surface area contributed by atoms with Crippen LogP contribution in [-0.4, -0.2) is 12.6 Å². The predicted octanol–water partition coefficient (Wildman–Crippen LogP) is 9.12. The molecule has 0 saturated carbocycles. The van der Waals surface area contributed by atoms with Crippen molar-refractivity contribution in [1.82, 2.24) is 0 Å². The van der Waals surface area contributed by atoms with Crippen LogP contribution in [0.1, 0.15) is 95.2 Å². The van der Waals surface area contributed by atoms with Gasteiger partial charge in [-0.2, -0.15) is 4.57 Å². The molecule has 5 nitrogen and oxygen atoms in total. The summed E-state index contributed by atoms with van der Waals surface area (Å²) in [4.78, 5) is 12.6. The Balaban J connectivity index is 1.31. The van der Waals surface area contributed by atoms with Crippen LogP contribution in [0.5, 0.6) is 5.75 Å². The number of carbonyl (C=O) groups excluding carboxylic acids is 1. The molecule has 0 atom stereocenters. The van der Waals surface area contributed by atoms with E-state index in [0.717, 1.165) is 18.7 Å². The molecule has 0 saturated heterocycles. The second-order valence-corrected chi connectivity index (χ2v) is 10.9. The minimum Gasteiger partial charge on any atom is -0.491 e. The summed E-state index contributed by atoms with van der Waals surface area (Å²) in [6.45, 7) is 5.87. The molecule has 2 N–H and O–H groups in total. The number of aryl methyl sites for hydroxylation is 1. The zero-order chi connectivity index (χ0) is 26.8. The van der Waals surface area contributed by atoms with Crippen molar-refractivity contribution in [1.29, 1.82) is 0 Å². The van der Waals surface area contributed by atoms with E-state index in [9.17, 15) is 4.79 Å². The van der Waals surface area contributed by atoms with Gasteiger partial charge >= 0.3 is 6.03 Å². The summed E-state index contributed by atoms with van der Waals surface area (Å²) in [7, 11) is 0. The molecule has 0 aliphatic carbocycles. The number of hydrogen-bond acceptors (Lipinski definition) is 3. The molecular weight excluding hydrogens is 490 g/mol. The Hall–Kier alpha value is -2.86. The number of urea groups is 1. The van der Waals surface area contributed by atoms with Gasteiger partial charge in [0.25, 0.3) is 0 Å². The van der Waals surface area contributed by atoms with Crippen molar-refractivity contribution in [2.75, 3.05) is 17.2 Å². The topological polar surface area (TPSA) is 54.2 Å². The molecule has 0 bridgehead atoms. The van der Waals surface area contributed by atoms with Crippen LogP contribution in [0.4, 0.5) is 16.2 Å². The maximum absolute atomic E-state index is 12.6. The Morgan fingerprint density at radius 1 is 0.816 bits per heavy atom. The number of hydrogen-bond donors (Lipinski definition) is 2. The maximum Gasteiger partial charge on any atom is 0.323 e. The number of anilines is 2. The van der Waals surface area contributed by atoms with E-state index in [1.165, 1.54) is 81.9 Å². The van der Waals surface area contributed by atoms with Crippen LogP contribution in [0.15, 0.2) is 59.4 Å². The molecule has 0 unspecified atom stereocenters. The monoisotopic (exact) mass is 536 g/mol. The van der Waals surface area contributed by atoms with Crippen LogP contribution in [0.3, 0.4) is 0 Å². The van der Waals surface area contributed by atoms with Crippen molar-refractivity contribution in [2.45, 2.75) is 97.4 Å². The molecule has 206 valence electrons. The number of unbranched alkanes of at least 4 members (excludes halogenated alkanes) is 11. The number of aromatic nitrogens is 1. The van der Waals surface area contributed by atoms with E-state index < -0.39 is 0 Å². The fourth-order valence-electron chi connectivity index (χ4n) is 4.51. The van der Waals surface area contributed by atoms with Gasteiger partial charge in [0.1, 0.15) is 5.75 Å². The normalized spacial score (nSPS) is 10.9. The molecule has 1 aromatic heterocycles. The summed E-state index contributed by atoms with van der Waals surface area (Å²) < 4.78 is 8.23. The minimum atomic E-state index is -0.276. The molecule has 0 spiro atoms. The summed E-state index contributed by atoms with van der Waals surface area (Å²) >= 11 is 1.70. The first-order valence-electron chi connectivity index (χ1n) is 14.5. The smallest absolute Gasteiger partial charge is 0.323 e. The Bertz CT molecular complexity index is 1060. The third-order valence-corrected chi connectivity index (χ3v) is 7.69. The lowest BCUT2D eigenvalue weighted by Crippen LogP contribution is -2.34. The van der Waals surface area contributed by atoms with Crippen LogP contribution in [-0.2, 0) is 6.54 Å². The molecular formula is C32H46N3O2S+. The van der Waals surface area contributed by atoms with Gasteiger partial charge in [0, 0.05) is 18.2 Å². The first-order valence-corrected chi connectivity index (χ1v) is 15.4. The molecule has 0 fully saturated rings. The van der Waals surface area contributed by atoms with Gasteiger partial charge in [0.15, 0.2) is 12.2 Å². The molecule has 2 aromatic carbocycles. The van der Waals surface area contributed by atoms with Crippen LogP contribution in [0, 0.1) is 6.92 Å². The number of para-hydroxylation sites is 2. The van der Waals surface area contributed by atoms with E-state index in [4.69, 9.17) is 4.74 Å². The molecule has 6 heteroatoms.